The van der Waals surface area contributed by atoms with Crippen molar-refractivity contribution >= 4 is 28.2 Å². The minimum atomic E-state index is -0.652. The number of hydrogen-bond acceptors (Lipinski definition) is 6. The van der Waals surface area contributed by atoms with Gasteiger partial charge < -0.3 is 9.84 Å². The molecule has 1 unspecified atom stereocenters. The van der Waals surface area contributed by atoms with Gasteiger partial charge in [-0.3, -0.25) is 9.20 Å². The maximum absolute atomic E-state index is 12.6. The monoisotopic (exact) mass is 452 g/mol. The number of amides is 1. The van der Waals surface area contributed by atoms with Gasteiger partial charge in [0.2, 0.25) is 12.2 Å². The second kappa shape index (κ2) is 9.84. The van der Waals surface area contributed by atoms with E-state index in [4.69, 9.17) is 4.52 Å². The fraction of sp³-hybridized carbons (Fsp3) is 0.273. The standard InChI is InChI=1S/C17H13N5O2.C5H11NOS/c1-11-5-6-12(16-19-10-24-21-16)8-13(11)20-17(23)14-9-18-15-4-2-3-7-22(14)15;1-2-8(7)6-4-3-5-6/h2-10H,1H3,(H,20,23);2-5H2,1H3. The molecule has 0 bridgehead atoms. The highest BCUT2D eigenvalue weighted by molar-refractivity contribution is 7.82. The molecule has 1 saturated heterocycles. The minimum Gasteiger partial charge on any atom is -0.342 e. The molecule has 0 spiro atoms. The zero-order chi connectivity index (χ0) is 22.5. The van der Waals surface area contributed by atoms with Crippen LogP contribution in [0.5, 0.6) is 0 Å². The summed E-state index contributed by atoms with van der Waals surface area (Å²) in [7, 11) is -0.652. The van der Waals surface area contributed by atoms with E-state index in [1.54, 1.807) is 16.8 Å². The number of carbonyl (C=O) groups excluding carboxylic acids is 1. The topological polar surface area (TPSA) is 106 Å². The number of hydrogen-bond donors (Lipinski definition) is 1. The highest BCUT2D eigenvalue weighted by Crippen LogP contribution is 2.23. The molecule has 4 heterocycles. The molecule has 10 heteroatoms. The summed E-state index contributed by atoms with van der Waals surface area (Å²) in [6, 6.07) is 11.2. The normalized spacial score (nSPS) is 14.3. The number of nitrogens with zero attached hydrogens (tertiary/aromatic N) is 5. The first-order chi connectivity index (χ1) is 15.6. The van der Waals surface area contributed by atoms with Gasteiger partial charge in [0, 0.05) is 36.3 Å². The third kappa shape index (κ3) is 4.76. The molecule has 9 nitrogen and oxygen atoms in total. The molecule has 4 aromatic rings. The molecule has 1 aliphatic heterocycles. The van der Waals surface area contributed by atoms with Crippen molar-refractivity contribution in [2.75, 3.05) is 24.2 Å². The first kappa shape index (κ1) is 21.8. The number of aromatic nitrogens is 4. The van der Waals surface area contributed by atoms with Crippen molar-refractivity contribution in [1.82, 2.24) is 23.8 Å². The van der Waals surface area contributed by atoms with Crippen LogP contribution < -0.4 is 5.32 Å². The SMILES string of the molecule is CCS(=O)N1CCC1.Cc1ccc(-c2ncon2)cc1NC(=O)c1cnc2ccccn12. The molecule has 3 aromatic heterocycles. The Labute approximate surface area is 188 Å². The number of aryl methyl sites for hydroxylation is 1. The lowest BCUT2D eigenvalue weighted by Gasteiger charge is -2.28. The van der Waals surface area contributed by atoms with Gasteiger partial charge in [0.1, 0.15) is 11.3 Å². The summed E-state index contributed by atoms with van der Waals surface area (Å²) in [5.41, 5.74) is 3.58. The van der Waals surface area contributed by atoms with E-state index in [1.165, 1.54) is 12.8 Å². The van der Waals surface area contributed by atoms with Gasteiger partial charge in [-0.25, -0.2) is 13.5 Å². The number of benzene rings is 1. The van der Waals surface area contributed by atoms with Crippen LogP contribution in [0.4, 0.5) is 5.69 Å². The van der Waals surface area contributed by atoms with Gasteiger partial charge in [-0.1, -0.05) is 30.3 Å². The van der Waals surface area contributed by atoms with Crippen LogP contribution in [0.15, 0.2) is 59.7 Å². The number of anilines is 1. The lowest BCUT2D eigenvalue weighted by atomic mass is 10.1. The van der Waals surface area contributed by atoms with Crippen molar-refractivity contribution < 1.29 is 13.5 Å². The Morgan fingerprint density at radius 2 is 2.06 bits per heavy atom. The number of fused-ring (bicyclic) bond motifs is 1. The molecule has 1 aliphatic rings. The Morgan fingerprint density at radius 3 is 2.72 bits per heavy atom. The van der Waals surface area contributed by atoms with E-state index in [0.29, 0.717) is 17.2 Å². The first-order valence-electron chi connectivity index (χ1n) is 10.3. The molecule has 166 valence electrons. The predicted molar refractivity (Wildman–Crippen MR) is 122 cm³/mol. The van der Waals surface area contributed by atoms with Gasteiger partial charge in [-0.2, -0.15) is 4.98 Å². The molecule has 0 aliphatic carbocycles. The van der Waals surface area contributed by atoms with Gasteiger partial charge in [-0.15, -0.1) is 0 Å². The van der Waals surface area contributed by atoms with Crippen molar-refractivity contribution in [3.05, 3.63) is 66.4 Å². The number of pyridine rings is 1. The summed E-state index contributed by atoms with van der Waals surface area (Å²) in [6.07, 6.45) is 5.86. The molecule has 5 rings (SSSR count). The molecule has 1 fully saturated rings. The number of nitrogens with one attached hydrogen (secondary N) is 1. The van der Waals surface area contributed by atoms with E-state index in [-0.39, 0.29) is 5.91 Å². The van der Waals surface area contributed by atoms with Crippen LogP contribution in [-0.4, -0.2) is 52.8 Å². The van der Waals surface area contributed by atoms with Gasteiger partial charge in [0.05, 0.1) is 17.2 Å². The largest absolute Gasteiger partial charge is 0.342 e. The molecule has 1 atom stereocenters. The second-order valence-electron chi connectivity index (χ2n) is 7.20. The summed E-state index contributed by atoms with van der Waals surface area (Å²) in [4.78, 5) is 20.9. The fourth-order valence-corrected chi connectivity index (χ4v) is 4.18. The quantitative estimate of drug-likeness (QED) is 0.498. The van der Waals surface area contributed by atoms with Crippen LogP contribution >= 0.6 is 0 Å². The van der Waals surface area contributed by atoms with Gasteiger partial charge in [0.25, 0.3) is 5.91 Å². The van der Waals surface area contributed by atoms with E-state index in [0.717, 1.165) is 35.6 Å². The van der Waals surface area contributed by atoms with Crippen molar-refractivity contribution in [3.8, 4) is 11.4 Å². The van der Waals surface area contributed by atoms with E-state index in [1.807, 2.05) is 54.6 Å². The number of imidazole rings is 1. The molecule has 0 saturated carbocycles. The van der Waals surface area contributed by atoms with Crippen LogP contribution in [0, 0.1) is 6.92 Å². The highest BCUT2D eigenvalue weighted by Gasteiger charge is 2.18. The zero-order valence-corrected chi connectivity index (χ0v) is 18.7. The average molecular weight is 453 g/mol. The maximum Gasteiger partial charge on any atom is 0.274 e. The van der Waals surface area contributed by atoms with Crippen LogP contribution in [-0.2, 0) is 11.0 Å². The van der Waals surface area contributed by atoms with E-state index >= 15 is 0 Å². The molecule has 1 N–H and O–H groups in total. The van der Waals surface area contributed by atoms with Crippen molar-refractivity contribution in [3.63, 3.8) is 0 Å². The fourth-order valence-electron chi connectivity index (χ4n) is 3.15. The molecule has 32 heavy (non-hydrogen) atoms. The summed E-state index contributed by atoms with van der Waals surface area (Å²) >= 11 is 0. The highest BCUT2D eigenvalue weighted by atomic mass is 32.2. The molecular formula is C22H24N6O3S. The van der Waals surface area contributed by atoms with Crippen molar-refractivity contribution in [1.29, 1.82) is 0 Å². The Hall–Kier alpha value is -3.37. The van der Waals surface area contributed by atoms with E-state index < -0.39 is 11.0 Å². The Balaban J connectivity index is 0.000000260. The summed E-state index contributed by atoms with van der Waals surface area (Å²) in [6.45, 7) is 5.96. The third-order valence-electron chi connectivity index (χ3n) is 5.10. The number of rotatable bonds is 5. The van der Waals surface area contributed by atoms with E-state index in [9.17, 15) is 9.00 Å². The zero-order valence-electron chi connectivity index (χ0n) is 17.9. The van der Waals surface area contributed by atoms with Crippen molar-refractivity contribution in [2.24, 2.45) is 0 Å². The van der Waals surface area contributed by atoms with Crippen LogP contribution in [0.25, 0.3) is 17.0 Å². The smallest absolute Gasteiger partial charge is 0.274 e. The average Bonchev–Trinajstić information content (AvgIpc) is 3.44. The summed E-state index contributed by atoms with van der Waals surface area (Å²) in [5, 5.41) is 6.74. The van der Waals surface area contributed by atoms with Crippen LogP contribution in [0.1, 0.15) is 29.4 Å². The summed E-state index contributed by atoms with van der Waals surface area (Å²) in [5.74, 6) is 1.02. The Bertz CT molecular complexity index is 1230. The summed E-state index contributed by atoms with van der Waals surface area (Å²) < 4.78 is 19.3. The predicted octanol–water partition coefficient (Wildman–Crippen LogP) is 3.32. The minimum absolute atomic E-state index is 0.234. The molecule has 0 radical (unpaired) electrons. The molecule has 1 aromatic carbocycles. The van der Waals surface area contributed by atoms with Crippen LogP contribution in [0.3, 0.4) is 0 Å². The van der Waals surface area contributed by atoms with E-state index in [2.05, 4.69) is 20.4 Å². The Kier molecular flexibility index (Phi) is 6.72. The first-order valence-corrected chi connectivity index (χ1v) is 11.6. The lowest BCUT2D eigenvalue weighted by molar-refractivity contribution is 0.102. The third-order valence-corrected chi connectivity index (χ3v) is 6.54. The van der Waals surface area contributed by atoms with Crippen molar-refractivity contribution in [2.45, 2.75) is 20.3 Å². The molecular weight excluding hydrogens is 428 g/mol. The lowest BCUT2D eigenvalue weighted by Crippen LogP contribution is -2.39. The van der Waals surface area contributed by atoms with Crippen LogP contribution in [0.2, 0.25) is 0 Å². The second-order valence-corrected chi connectivity index (χ2v) is 8.94. The maximum atomic E-state index is 12.6. The Morgan fingerprint density at radius 1 is 1.22 bits per heavy atom. The number of carbonyl (C=O) groups is 1. The van der Waals surface area contributed by atoms with Gasteiger partial charge in [-0.05, 0) is 37.1 Å². The molecule has 1 amide bonds. The van der Waals surface area contributed by atoms with Gasteiger partial charge >= 0.3 is 0 Å². The van der Waals surface area contributed by atoms with Gasteiger partial charge in [0.15, 0.2) is 0 Å².